The lowest BCUT2D eigenvalue weighted by Gasteiger charge is -2.21. The first-order chi connectivity index (χ1) is 15.1. The predicted molar refractivity (Wildman–Crippen MR) is 124 cm³/mol. The number of thioether (sulfide) groups is 1. The van der Waals surface area contributed by atoms with Crippen LogP contribution in [0, 0.1) is 19.8 Å². The van der Waals surface area contributed by atoms with E-state index in [4.69, 9.17) is 0 Å². The number of rotatable bonds is 7. The molecule has 0 aliphatic heterocycles. The molecule has 1 aromatic carbocycles. The van der Waals surface area contributed by atoms with Gasteiger partial charge in [-0.05, 0) is 56.4 Å². The van der Waals surface area contributed by atoms with Crippen molar-refractivity contribution < 1.29 is 4.79 Å². The van der Waals surface area contributed by atoms with Gasteiger partial charge in [0.05, 0.1) is 11.4 Å². The van der Waals surface area contributed by atoms with Gasteiger partial charge in [0.25, 0.3) is 0 Å². The van der Waals surface area contributed by atoms with Gasteiger partial charge in [0.15, 0.2) is 11.0 Å². The van der Waals surface area contributed by atoms with Crippen molar-refractivity contribution in [2.45, 2.75) is 51.1 Å². The summed E-state index contributed by atoms with van der Waals surface area (Å²) in [4.78, 5) is 17.0. The highest BCUT2D eigenvalue weighted by atomic mass is 32.2. The van der Waals surface area contributed by atoms with Crippen LogP contribution in [0.4, 0.5) is 0 Å². The number of nitrogens with one attached hydrogen (secondary N) is 1. The lowest BCUT2D eigenvalue weighted by molar-refractivity contribution is -0.118. The molecule has 1 amide bonds. The Balaban J connectivity index is 1.53. The highest BCUT2D eigenvalue weighted by Gasteiger charge is 2.20. The third-order valence-corrected chi connectivity index (χ3v) is 6.69. The highest BCUT2D eigenvalue weighted by molar-refractivity contribution is 7.99. The van der Waals surface area contributed by atoms with Crippen molar-refractivity contribution in [3.8, 4) is 17.2 Å². The molecule has 4 rings (SSSR count). The van der Waals surface area contributed by atoms with Crippen molar-refractivity contribution >= 4 is 17.7 Å². The van der Waals surface area contributed by atoms with Gasteiger partial charge in [-0.3, -0.25) is 14.3 Å². The SMILES string of the molecule is Cc1ccc(-n2c(SCC(=O)NCC3CCCCC3)nnc2-c2ccccn2)c(C)c1. The Kier molecular flexibility index (Phi) is 7.02. The third kappa shape index (κ3) is 5.34. The number of aromatic nitrogens is 4. The Morgan fingerprint density at radius 1 is 1.13 bits per heavy atom. The fraction of sp³-hybridized carbons (Fsp3) is 0.417. The van der Waals surface area contributed by atoms with E-state index >= 15 is 0 Å². The molecule has 0 saturated heterocycles. The zero-order valence-corrected chi connectivity index (χ0v) is 19.0. The summed E-state index contributed by atoms with van der Waals surface area (Å²) in [5.74, 6) is 1.66. The van der Waals surface area contributed by atoms with Crippen molar-refractivity contribution in [3.63, 3.8) is 0 Å². The molecule has 31 heavy (non-hydrogen) atoms. The Bertz CT molecular complexity index is 1030. The molecular formula is C24H29N5OS. The van der Waals surface area contributed by atoms with Gasteiger partial charge < -0.3 is 5.32 Å². The summed E-state index contributed by atoms with van der Waals surface area (Å²) < 4.78 is 2.01. The second-order valence-electron chi connectivity index (χ2n) is 8.24. The van der Waals surface area contributed by atoms with Gasteiger partial charge in [0.1, 0.15) is 5.69 Å². The summed E-state index contributed by atoms with van der Waals surface area (Å²) in [7, 11) is 0. The predicted octanol–water partition coefficient (Wildman–Crippen LogP) is 4.73. The molecule has 0 bridgehead atoms. The molecule has 2 heterocycles. The third-order valence-electron chi connectivity index (χ3n) is 5.77. The minimum absolute atomic E-state index is 0.0464. The van der Waals surface area contributed by atoms with E-state index in [1.165, 1.54) is 49.4 Å². The van der Waals surface area contributed by atoms with E-state index < -0.39 is 0 Å². The zero-order chi connectivity index (χ0) is 21.6. The molecule has 1 aliphatic rings. The van der Waals surface area contributed by atoms with Crippen LogP contribution in [-0.2, 0) is 4.79 Å². The Labute approximate surface area is 187 Å². The van der Waals surface area contributed by atoms with Crippen LogP contribution in [0.25, 0.3) is 17.2 Å². The average molecular weight is 436 g/mol. The maximum Gasteiger partial charge on any atom is 0.230 e. The van der Waals surface area contributed by atoms with Gasteiger partial charge in [-0.1, -0.05) is 54.8 Å². The van der Waals surface area contributed by atoms with E-state index in [0.717, 1.165) is 23.5 Å². The largest absolute Gasteiger partial charge is 0.355 e. The minimum atomic E-state index is 0.0464. The summed E-state index contributed by atoms with van der Waals surface area (Å²) in [5.41, 5.74) is 4.08. The molecule has 1 aliphatic carbocycles. The molecule has 0 unspecified atom stereocenters. The van der Waals surface area contributed by atoms with E-state index in [0.29, 0.717) is 22.7 Å². The maximum atomic E-state index is 12.5. The zero-order valence-electron chi connectivity index (χ0n) is 18.2. The number of carbonyl (C=O) groups is 1. The van der Waals surface area contributed by atoms with Gasteiger partial charge in [0.2, 0.25) is 5.91 Å². The normalized spacial score (nSPS) is 14.5. The first-order valence-corrected chi connectivity index (χ1v) is 11.9. The van der Waals surface area contributed by atoms with Crippen LogP contribution in [0.1, 0.15) is 43.2 Å². The molecule has 1 N–H and O–H groups in total. The quantitative estimate of drug-likeness (QED) is 0.543. The molecule has 0 atom stereocenters. The van der Waals surface area contributed by atoms with Crippen LogP contribution >= 0.6 is 11.8 Å². The van der Waals surface area contributed by atoms with Crippen LogP contribution < -0.4 is 5.32 Å². The van der Waals surface area contributed by atoms with Gasteiger partial charge in [0, 0.05) is 12.7 Å². The number of hydrogen-bond donors (Lipinski definition) is 1. The summed E-state index contributed by atoms with van der Waals surface area (Å²) in [6.07, 6.45) is 8.09. The number of aryl methyl sites for hydroxylation is 2. The summed E-state index contributed by atoms with van der Waals surface area (Å²) >= 11 is 1.41. The van der Waals surface area contributed by atoms with Gasteiger partial charge in [-0.15, -0.1) is 10.2 Å². The Morgan fingerprint density at radius 2 is 1.97 bits per heavy atom. The molecule has 0 radical (unpaired) electrons. The second kappa shape index (κ2) is 10.1. The molecule has 2 aromatic heterocycles. The number of carbonyl (C=O) groups excluding carboxylic acids is 1. The van der Waals surface area contributed by atoms with Gasteiger partial charge in [-0.25, -0.2) is 0 Å². The van der Waals surface area contributed by atoms with Gasteiger partial charge in [-0.2, -0.15) is 0 Å². The minimum Gasteiger partial charge on any atom is -0.355 e. The van der Waals surface area contributed by atoms with Crippen molar-refractivity contribution in [2.24, 2.45) is 5.92 Å². The van der Waals surface area contributed by atoms with Crippen molar-refractivity contribution in [1.29, 1.82) is 0 Å². The van der Waals surface area contributed by atoms with E-state index in [9.17, 15) is 4.79 Å². The molecule has 1 saturated carbocycles. The number of nitrogens with zero attached hydrogens (tertiary/aromatic N) is 4. The summed E-state index contributed by atoms with van der Waals surface area (Å²) in [5, 5.41) is 12.6. The van der Waals surface area contributed by atoms with E-state index in [1.54, 1.807) is 6.20 Å². The van der Waals surface area contributed by atoms with Crippen LogP contribution in [0.5, 0.6) is 0 Å². The molecular weight excluding hydrogens is 406 g/mol. The second-order valence-corrected chi connectivity index (χ2v) is 9.19. The average Bonchev–Trinajstić information content (AvgIpc) is 3.21. The molecule has 162 valence electrons. The number of amides is 1. The summed E-state index contributed by atoms with van der Waals surface area (Å²) in [6.45, 7) is 4.94. The molecule has 6 nitrogen and oxygen atoms in total. The summed E-state index contributed by atoms with van der Waals surface area (Å²) in [6, 6.07) is 12.0. The fourth-order valence-electron chi connectivity index (χ4n) is 4.13. The van der Waals surface area contributed by atoms with Crippen LogP contribution in [0.15, 0.2) is 47.8 Å². The first-order valence-electron chi connectivity index (χ1n) is 11.0. The number of hydrogen-bond acceptors (Lipinski definition) is 5. The molecule has 1 fully saturated rings. The molecule has 0 spiro atoms. The lowest BCUT2D eigenvalue weighted by atomic mass is 9.89. The first kappa shape index (κ1) is 21.6. The van der Waals surface area contributed by atoms with Crippen LogP contribution in [-0.4, -0.2) is 38.0 Å². The standard InChI is InChI=1S/C24H29N5OS/c1-17-11-12-21(18(2)14-17)29-23(20-10-6-7-13-25-20)27-28-24(29)31-16-22(30)26-15-19-8-4-3-5-9-19/h6-7,10-14,19H,3-5,8-9,15-16H2,1-2H3,(H,26,30). The Hall–Kier alpha value is -2.67. The smallest absolute Gasteiger partial charge is 0.230 e. The number of benzene rings is 1. The fourth-order valence-corrected chi connectivity index (χ4v) is 4.90. The van der Waals surface area contributed by atoms with Crippen molar-refractivity contribution in [3.05, 3.63) is 53.7 Å². The van der Waals surface area contributed by atoms with E-state index in [1.807, 2.05) is 22.8 Å². The van der Waals surface area contributed by atoms with E-state index in [-0.39, 0.29) is 5.91 Å². The topological polar surface area (TPSA) is 72.7 Å². The Morgan fingerprint density at radius 3 is 2.71 bits per heavy atom. The number of pyridine rings is 1. The van der Waals surface area contributed by atoms with Crippen LogP contribution in [0.3, 0.4) is 0 Å². The maximum absolute atomic E-state index is 12.5. The van der Waals surface area contributed by atoms with Crippen molar-refractivity contribution in [1.82, 2.24) is 25.1 Å². The van der Waals surface area contributed by atoms with Crippen LogP contribution in [0.2, 0.25) is 0 Å². The lowest BCUT2D eigenvalue weighted by Crippen LogP contribution is -2.31. The molecule has 7 heteroatoms. The van der Waals surface area contributed by atoms with Crippen molar-refractivity contribution in [2.75, 3.05) is 12.3 Å². The highest BCUT2D eigenvalue weighted by Crippen LogP contribution is 2.29. The monoisotopic (exact) mass is 435 g/mol. The molecule has 3 aromatic rings. The van der Waals surface area contributed by atoms with Gasteiger partial charge >= 0.3 is 0 Å². The van der Waals surface area contributed by atoms with E-state index in [2.05, 4.69) is 52.5 Å².